The van der Waals surface area contributed by atoms with Gasteiger partial charge in [-0.25, -0.2) is 8.42 Å². The zero-order chi connectivity index (χ0) is 18.3. The van der Waals surface area contributed by atoms with Gasteiger partial charge in [-0.05, 0) is 61.1 Å². The molecule has 1 aliphatic carbocycles. The molecular formula is C18H19ClN2O3S2. The molecule has 1 aromatic heterocycles. The van der Waals surface area contributed by atoms with Crippen LogP contribution in [0.5, 0.6) is 0 Å². The van der Waals surface area contributed by atoms with Gasteiger partial charge in [0.2, 0.25) is 0 Å². The summed E-state index contributed by atoms with van der Waals surface area (Å²) in [4.78, 5) is 13.0. The van der Waals surface area contributed by atoms with Gasteiger partial charge in [0.15, 0.2) is 0 Å². The highest BCUT2D eigenvalue weighted by molar-refractivity contribution is 7.91. The quantitative estimate of drug-likeness (QED) is 0.837. The van der Waals surface area contributed by atoms with Gasteiger partial charge in [-0.3, -0.25) is 4.79 Å². The normalized spacial score (nSPS) is 20.3. The average molecular weight is 411 g/mol. The highest BCUT2D eigenvalue weighted by Gasteiger charge is 2.30. The maximum atomic E-state index is 12.6. The van der Waals surface area contributed by atoms with Crippen molar-refractivity contribution in [2.24, 2.45) is 0 Å². The predicted molar refractivity (Wildman–Crippen MR) is 102 cm³/mol. The summed E-state index contributed by atoms with van der Waals surface area (Å²) in [5.41, 5.74) is 2.25. The standard InChI is InChI=1S/C18H19ClN2O3S2/c19-13-4-5-14-12(11-13)3-6-15(14)20-18(22)16-7-8-17(25-16)26(23,24)21-9-1-2-10-21/h4-5,7-8,11,15H,1-3,6,9-10H2,(H,20,22)/t15-/m1/s1. The van der Waals surface area contributed by atoms with Gasteiger partial charge in [0.1, 0.15) is 4.21 Å². The van der Waals surface area contributed by atoms with Crippen LogP contribution in [0.1, 0.15) is 46.1 Å². The van der Waals surface area contributed by atoms with E-state index in [-0.39, 0.29) is 16.2 Å². The lowest BCUT2D eigenvalue weighted by Crippen LogP contribution is -2.27. The number of carbonyl (C=O) groups excluding carboxylic acids is 1. The zero-order valence-corrected chi connectivity index (χ0v) is 16.5. The van der Waals surface area contributed by atoms with Crippen molar-refractivity contribution in [3.63, 3.8) is 0 Å². The highest BCUT2D eigenvalue weighted by Crippen LogP contribution is 2.34. The van der Waals surface area contributed by atoms with E-state index < -0.39 is 10.0 Å². The summed E-state index contributed by atoms with van der Waals surface area (Å²) >= 11 is 7.06. The number of fused-ring (bicyclic) bond motifs is 1. The van der Waals surface area contributed by atoms with Gasteiger partial charge in [-0.1, -0.05) is 17.7 Å². The Hall–Kier alpha value is -1.41. The fourth-order valence-corrected chi connectivity index (χ4v) is 6.68. The van der Waals surface area contributed by atoms with Gasteiger partial charge in [0.05, 0.1) is 10.9 Å². The fourth-order valence-electron chi connectivity index (χ4n) is 3.60. The van der Waals surface area contributed by atoms with E-state index in [1.54, 1.807) is 6.07 Å². The summed E-state index contributed by atoms with van der Waals surface area (Å²) in [6.45, 7) is 1.12. The smallest absolute Gasteiger partial charge is 0.261 e. The van der Waals surface area contributed by atoms with E-state index >= 15 is 0 Å². The van der Waals surface area contributed by atoms with Crippen LogP contribution in [0.15, 0.2) is 34.5 Å². The van der Waals surface area contributed by atoms with E-state index in [9.17, 15) is 13.2 Å². The molecule has 0 unspecified atom stereocenters. The molecule has 1 aliphatic heterocycles. The number of hydrogen-bond donors (Lipinski definition) is 1. The van der Waals surface area contributed by atoms with Crippen LogP contribution in [0.3, 0.4) is 0 Å². The molecule has 5 nitrogen and oxygen atoms in total. The Morgan fingerprint density at radius 2 is 1.96 bits per heavy atom. The van der Waals surface area contributed by atoms with Crippen molar-refractivity contribution >= 4 is 38.9 Å². The van der Waals surface area contributed by atoms with E-state index in [0.29, 0.717) is 23.0 Å². The Labute approximate surface area is 162 Å². The van der Waals surface area contributed by atoms with Gasteiger partial charge in [0.25, 0.3) is 15.9 Å². The van der Waals surface area contributed by atoms with E-state index in [4.69, 9.17) is 11.6 Å². The number of sulfonamides is 1. The first-order valence-corrected chi connectivity index (χ1v) is 11.3. The summed E-state index contributed by atoms with van der Waals surface area (Å²) < 4.78 is 26.9. The van der Waals surface area contributed by atoms with Crippen molar-refractivity contribution < 1.29 is 13.2 Å². The molecule has 1 amide bonds. The van der Waals surface area contributed by atoms with Gasteiger partial charge in [-0.2, -0.15) is 4.31 Å². The Morgan fingerprint density at radius 1 is 1.19 bits per heavy atom. The summed E-state index contributed by atoms with van der Waals surface area (Å²) in [5.74, 6) is -0.231. The molecule has 2 aromatic rings. The molecule has 4 rings (SSSR count). The maximum Gasteiger partial charge on any atom is 0.261 e. The lowest BCUT2D eigenvalue weighted by atomic mass is 10.1. The molecule has 2 heterocycles. The van der Waals surface area contributed by atoms with Gasteiger partial charge >= 0.3 is 0 Å². The van der Waals surface area contributed by atoms with Crippen LogP contribution >= 0.6 is 22.9 Å². The van der Waals surface area contributed by atoms with E-state index in [1.807, 2.05) is 18.2 Å². The van der Waals surface area contributed by atoms with Crippen molar-refractivity contribution in [1.29, 1.82) is 0 Å². The topological polar surface area (TPSA) is 66.5 Å². The SMILES string of the molecule is O=C(N[C@@H]1CCc2cc(Cl)ccc21)c1ccc(S(=O)(=O)N2CCCC2)s1. The molecule has 1 aromatic carbocycles. The molecule has 2 aliphatic rings. The van der Waals surface area contributed by atoms with E-state index in [0.717, 1.165) is 48.1 Å². The van der Waals surface area contributed by atoms with Crippen molar-refractivity contribution in [2.75, 3.05) is 13.1 Å². The number of halogens is 1. The van der Waals surface area contributed by atoms with Crippen molar-refractivity contribution in [3.8, 4) is 0 Å². The number of amides is 1. The third kappa shape index (κ3) is 3.29. The first kappa shape index (κ1) is 18.0. The van der Waals surface area contributed by atoms with Crippen LogP contribution in [0.4, 0.5) is 0 Å². The highest BCUT2D eigenvalue weighted by atomic mass is 35.5. The molecule has 0 spiro atoms. The summed E-state index contributed by atoms with van der Waals surface area (Å²) in [5, 5.41) is 3.72. The minimum Gasteiger partial charge on any atom is -0.345 e. The Morgan fingerprint density at radius 3 is 2.73 bits per heavy atom. The molecule has 1 N–H and O–H groups in total. The molecule has 0 bridgehead atoms. The summed E-state index contributed by atoms with van der Waals surface area (Å²) in [7, 11) is -3.47. The number of benzene rings is 1. The van der Waals surface area contributed by atoms with Crippen molar-refractivity contribution in [1.82, 2.24) is 9.62 Å². The third-order valence-electron chi connectivity index (χ3n) is 4.95. The van der Waals surface area contributed by atoms with Crippen LogP contribution in [0, 0.1) is 0 Å². The molecule has 0 radical (unpaired) electrons. The lowest BCUT2D eigenvalue weighted by molar-refractivity contribution is 0.0941. The lowest BCUT2D eigenvalue weighted by Gasteiger charge is -2.14. The van der Waals surface area contributed by atoms with Crippen LogP contribution in [0.2, 0.25) is 5.02 Å². The molecule has 8 heteroatoms. The Kier molecular flexibility index (Phi) is 4.81. The van der Waals surface area contributed by atoms with Crippen LogP contribution in [0.25, 0.3) is 0 Å². The predicted octanol–water partition coefficient (Wildman–Crippen LogP) is 3.60. The van der Waals surface area contributed by atoms with Crippen LogP contribution in [-0.2, 0) is 16.4 Å². The fraction of sp³-hybridized carbons (Fsp3) is 0.389. The maximum absolute atomic E-state index is 12.6. The van der Waals surface area contributed by atoms with Gasteiger partial charge in [-0.15, -0.1) is 11.3 Å². The minimum absolute atomic E-state index is 0.0597. The number of rotatable bonds is 4. The number of nitrogens with one attached hydrogen (secondary N) is 1. The second-order valence-corrected chi connectivity index (χ2v) is 10.3. The Bertz CT molecular complexity index is 949. The minimum atomic E-state index is -3.47. The first-order chi connectivity index (χ1) is 12.4. The molecule has 1 fully saturated rings. The third-order valence-corrected chi connectivity index (χ3v) is 8.64. The van der Waals surface area contributed by atoms with Gasteiger partial charge in [0, 0.05) is 18.1 Å². The summed E-state index contributed by atoms with van der Waals surface area (Å²) in [6, 6.07) is 8.80. The van der Waals surface area contributed by atoms with Crippen LogP contribution in [-0.4, -0.2) is 31.7 Å². The van der Waals surface area contributed by atoms with E-state index in [2.05, 4.69) is 5.32 Å². The van der Waals surface area contributed by atoms with Gasteiger partial charge < -0.3 is 5.32 Å². The Balaban J connectivity index is 1.50. The summed E-state index contributed by atoms with van der Waals surface area (Å²) in [6.07, 6.45) is 3.48. The molecule has 26 heavy (non-hydrogen) atoms. The average Bonchev–Trinajstić information content (AvgIpc) is 3.36. The monoisotopic (exact) mass is 410 g/mol. The second-order valence-electron chi connectivity index (χ2n) is 6.64. The largest absolute Gasteiger partial charge is 0.345 e. The number of hydrogen-bond acceptors (Lipinski definition) is 4. The van der Waals surface area contributed by atoms with Crippen molar-refractivity contribution in [2.45, 2.75) is 35.9 Å². The number of carbonyl (C=O) groups is 1. The molecule has 1 atom stereocenters. The molecule has 0 saturated carbocycles. The zero-order valence-electron chi connectivity index (χ0n) is 14.1. The van der Waals surface area contributed by atoms with Crippen molar-refractivity contribution in [3.05, 3.63) is 51.4 Å². The number of thiophene rings is 1. The van der Waals surface area contributed by atoms with Crippen LogP contribution < -0.4 is 5.32 Å². The molecule has 138 valence electrons. The molecule has 1 saturated heterocycles. The second kappa shape index (κ2) is 6.96. The van der Waals surface area contributed by atoms with E-state index in [1.165, 1.54) is 10.4 Å². The number of nitrogens with zero attached hydrogens (tertiary/aromatic N) is 1. The molecular weight excluding hydrogens is 392 g/mol. The first-order valence-electron chi connectivity index (χ1n) is 8.64. The number of aryl methyl sites for hydroxylation is 1.